The molecule has 0 unspecified atom stereocenters. The van der Waals surface area contributed by atoms with E-state index in [4.69, 9.17) is 11.6 Å². The van der Waals surface area contributed by atoms with E-state index in [1.165, 1.54) is 30.5 Å². The summed E-state index contributed by atoms with van der Waals surface area (Å²) < 4.78 is 30.1. The van der Waals surface area contributed by atoms with Gasteiger partial charge in [-0.3, -0.25) is 14.6 Å². The molecule has 6 rings (SSSR count). The maximum atomic E-state index is 13.2. The number of fused-ring (bicyclic) bond motifs is 1. The number of piperidine rings is 1. The maximum Gasteiger partial charge on any atom is 0.487 e. The molecule has 1 aliphatic carbocycles. The zero-order chi connectivity index (χ0) is 28.0. The molecule has 2 N–H and O–H groups in total. The number of aliphatic hydroxyl groups excluding tert-OH is 1. The maximum absolute atomic E-state index is 13.2. The van der Waals surface area contributed by atoms with Crippen molar-refractivity contribution in [2.45, 2.75) is 49.9 Å². The van der Waals surface area contributed by atoms with Crippen molar-refractivity contribution >= 4 is 34.9 Å². The van der Waals surface area contributed by atoms with Crippen LogP contribution in [0, 0.1) is 0 Å². The second-order valence-corrected chi connectivity index (χ2v) is 10.7. The van der Waals surface area contributed by atoms with E-state index >= 15 is 0 Å². The fourth-order valence-electron chi connectivity index (χ4n) is 5.09. The van der Waals surface area contributed by atoms with E-state index in [0.29, 0.717) is 60.7 Å². The minimum Gasteiger partial charge on any atom is -0.420 e. The number of benzene rings is 1. The summed E-state index contributed by atoms with van der Waals surface area (Å²) in [7, 11) is 0. The van der Waals surface area contributed by atoms with Crippen LogP contribution in [0.4, 0.5) is 20.3 Å². The number of ether oxygens (including phenoxy) is 1. The normalized spacial score (nSPS) is 17.6. The topological polar surface area (TPSA) is 108 Å². The van der Waals surface area contributed by atoms with Gasteiger partial charge in [0, 0.05) is 59.9 Å². The van der Waals surface area contributed by atoms with Gasteiger partial charge >= 0.3 is 5.57 Å². The lowest BCUT2D eigenvalue weighted by molar-refractivity contribution is -0.0964. The molecule has 40 heavy (non-hydrogen) atoms. The number of rotatable bonds is 7. The first-order valence-corrected chi connectivity index (χ1v) is 13.4. The molecule has 2 aromatic heterocycles. The van der Waals surface area contributed by atoms with Crippen LogP contribution in [0.2, 0.25) is 0 Å². The summed E-state index contributed by atoms with van der Waals surface area (Å²) >= 11 is 4.80. The van der Waals surface area contributed by atoms with Gasteiger partial charge in [0.25, 0.3) is 11.8 Å². The van der Waals surface area contributed by atoms with Crippen LogP contribution < -0.4 is 15.0 Å². The molecule has 0 spiro atoms. The third-order valence-electron chi connectivity index (χ3n) is 7.32. The smallest absolute Gasteiger partial charge is 0.420 e. The van der Waals surface area contributed by atoms with E-state index in [9.17, 15) is 23.5 Å². The van der Waals surface area contributed by atoms with Crippen LogP contribution in [0.3, 0.4) is 0 Å². The van der Waals surface area contributed by atoms with E-state index in [2.05, 4.69) is 24.9 Å². The molecule has 1 aromatic carbocycles. The lowest BCUT2D eigenvalue weighted by atomic mass is 10.0. The average Bonchev–Trinajstić information content (AvgIpc) is 3.72. The second kappa shape index (κ2) is 10.3. The van der Waals surface area contributed by atoms with Gasteiger partial charge in [-0.2, -0.15) is 0 Å². The molecule has 1 saturated heterocycles. The van der Waals surface area contributed by atoms with Crippen LogP contribution >= 0.6 is 11.6 Å². The monoisotopic (exact) mass is 569 g/mol. The molecule has 0 bridgehead atoms. The van der Waals surface area contributed by atoms with E-state index in [-0.39, 0.29) is 29.4 Å². The Morgan fingerprint density at radius 1 is 1.05 bits per heavy atom. The number of aromatic nitrogens is 2. The highest BCUT2D eigenvalue weighted by Gasteiger charge is 2.39. The van der Waals surface area contributed by atoms with Crippen molar-refractivity contribution in [2.75, 3.05) is 23.3 Å². The van der Waals surface area contributed by atoms with Crippen LogP contribution in [0.25, 0.3) is 11.1 Å². The first-order valence-electron chi connectivity index (χ1n) is 13.0. The number of aliphatic hydroxyl groups is 1. The third-order valence-corrected chi connectivity index (χ3v) is 7.40. The van der Waals surface area contributed by atoms with Crippen LogP contribution in [-0.4, -0.2) is 62.6 Å². The number of hydrogen-bond donors (Lipinski definition) is 2. The van der Waals surface area contributed by atoms with Gasteiger partial charge in [0.15, 0.2) is 0 Å². The minimum absolute atomic E-state index is 0.0318. The number of nitrogens with one attached hydrogen (secondary N) is 1. The van der Waals surface area contributed by atoms with Gasteiger partial charge in [0.1, 0.15) is 11.6 Å². The van der Waals surface area contributed by atoms with Gasteiger partial charge < -0.3 is 25.0 Å². The van der Waals surface area contributed by atoms with Crippen LogP contribution in [0.5, 0.6) is 5.75 Å². The molecule has 2 amide bonds. The lowest BCUT2D eigenvalue weighted by Gasteiger charge is -2.32. The Labute approximate surface area is 233 Å². The van der Waals surface area contributed by atoms with E-state index in [0.717, 1.165) is 18.5 Å². The number of alkyl halides is 3. The molecule has 3 aliphatic rings. The highest BCUT2D eigenvalue weighted by Crippen LogP contribution is 2.37. The summed E-state index contributed by atoms with van der Waals surface area (Å²) in [5.74, 6) is -0.0124. The highest BCUT2D eigenvalue weighted by atomic mass is 35.5. The molecule has 12 heteroatoms. The zero-order valence-electron chi connectivity index (χ0n) is 21.3. The summed E-state index contributed by atoms with van der Waals surface area (Å²) in [6.45, 7) is 1.69. The van der Waals surface area contributed by atoms with Gasteiger partial charge in [0.2, 0.25) is 0 Å². The largest absolute Gasteiger partial charge is 0.487 e. The summed E-state index contributed by atoms with van der Waals surface area (Å²) in [6.07, 6.45) is 6.00. The van der Waals surface area contributed by atoms with Gasteiger partial charge in [-0.15, -0.1) is 8.78 Å². The summed E-state index contributed by atoms with van der Waals surface area (Å²) in [5, 5.41) is 12.7. The van der Waals surface area contributed by atoms with Crippen molar-refractivity contribution in [1.29, 1.82) is 0 Å². The molecule has 2 aliphatic heterocycles. The Kier molecular flexibility index (Phi) is 6.79. The molecule has 208 valence electrons. The SMILES string of the molecule is O=C(Nc1ccc(OC(F)(F)Cl)cc1)c1cnc(N2CCC(O)CC2)c(-c2cnc3c(c2)C(=O)N(C2CC2)C3)c1. The Balaban J connectivity index is 1.29. The van der Waals surface area contributed by atoms with E-state index in [1.54, 1.807) is 12.3 Å². The average molecular weight is 570 g/mol. The minimum atomic E-state index is -3.84. The number of anilines is 2. The lowest BCUT2D eigenvalue weighted by Crippen LogP contribution is -2.36. The number of pyridine rings is 2. The molecule has 4 heterocycles. The van der Waals surface area contributed by atoms with E-state index in [1.807, 2.05) is 11.0 Å². The number of carbonyl (C=O) groups excluding carboxylic acids is 2. The molecule has 1 saturated carbocycles. The quantitative estimate of drug-likeness (QED) is 0.399. The zero-order valence-corrected chi connectivity index (χ0v) is 22.1. The molecule has 2 fully saturated rings. The molecule has 3 aromatic rings. The fourth-order valence-corrected chi connectivity index (χ4v) is 5.18. The first kappa shape index (κ1) is 26.4. The predicted octanol–water partition coefficient (Wildman–Crippen LogP) is 4.64. The van der Waals surface area contributed by atoms with Crippen molar-refractivity contribution in [1.82, 2.24) is 14.9 Å². The molecular formula is C28H26ClF2N5O4. The van der Waals surface area contributed by atoms with Crippen molar-refractivity contribution < 1.29 is 28.2 Å². The number of nitrogens with zero attached hydrogens (tertiary/aromatic N) is 4. The predicted molar refractivity (Wildman–Crippen MR) is 144 cm³/mol. The Morgan fingerprint density at radius 2 is 1.77 bits per heavy atom. The van der Waals surface area contributed by atoms with Gasteiger partial charge in [-0.1, -0.05) is 0 Å². The van der Waals surface area contributed by atoms with Gasteiger partial charge in [0.05, 0.1) is 29.5 Å². The van der Waals surface area contributed by atoms with Crippen LogP contribution in [-0.2, 0) is 6.54 Å². The Hall–Kier alpha value is -3.83. The van der Waals surface area contributed by atoms with Crippen molar-refractivity contribution in [3.63, 3.8) is 0 Å². The number of hydrogen-bond acceptors (Lipinski definition) is 7. The summed E-state index contributed by atoms with van der Waals surface area (Å²) in [6, 6.07) is 9.16. The second-order valence-electron chi connectivity index (χ2n) is 10.2. The van der Waals surface area contributed by atoms with Crippen molar-refractivity contribution in [3.8, 4) is 16.9 Å². The van der Waals surface area contributed by atoms with Gasteiger partial charge in [-0.05, 0) is 62.1 Å². The standard InChI is InChI=1S/C28H26ClF2N5O4/c29-28(30,31)40-21-5-1-18(2-6-21)34-26(38)17-12-22(25(33-14-17)35-9-7-20(37)8-10-35)16-11-23-24(32-13-16)15-36(27(23)39)19-3-4-19/h1-2,5-6,11-14,19-20,37H,3-4,7-10,15H2,(H,34,38). The fraction of sp³-hybridized carbons (Fsp3) is 0.357. The Morgan fingerprint density at radius 3 is 2.45 bits per heavy atom. The van der Waals surface area contributed by atoms with Gasteiger partial charge in [-0.25, -0.2) is 4.98 Å². The highest BCUT2D eigenvalue weighted by molar-refractivity contribution is 6.20. The molecule has 0 atom stereocenters. The van der Waals surface area contributed by atoms with Crippen LogP contribution in [0.1, 0.15) is 52.1 Å². The number of amides is 2. The number of carbonyl (C=O) groups is 2. The molecular weight excluding hydrogens is 544 g/mol. The van der Waals surface area contributed by atoms with E-state index < -0.39 is 11.5 Å². The summed E-state index contributed by atoms with van der Waals surface area (Å²) in [4.78, 5) is 39.4. The number of halogens is 3. The first-order chi connectivity index (χ1) is 19.1. The third kappa shape index (κ3) is 5.57. The van der Waals surface area contributed by atoms with Crippen molar-refractivity contribution in [3.05, 3.63) is 65.6 Å². The van der Waals surface area contributed by atoms with Crippen LogP contribution in [0.15, 0.2) is 48.8 Å². The molecule has 0 radical (unpaired) electrons. The Bertz CT molecular complexity index is 1450. The summed E-state index contributed by atoms with van der Waals surface area (Å²) in [5.41, 5.74) is -0.616. The van der Waals surface area contributed by atoms with Crippen molar-refractivity contribution in [2.24, 2.45) is 0 Å². The molecule has 9 nitrogen and oxygen atoms in total.